The normalized spacial score (nSPS) is 17.0. The van der Waals surface area contributed by atoms with Crippen LogP contribution in [0.1, 0.15) is 52.4 Å². The van der Waals surface area contributed by atoms with Crippen molar-refractivity contribution in [1.82, 2.24) is 30.0 Å². The number of hydrogen-bond donors (Lipinski definition) is 1. The van der Waals surface area contributed by atoms with Gasteiger partial charge in [-0.25, -0.2) is 15.0 Å². The molecule has 0 spiro atoms. The molecule has 0 saturated carbocycles. The largest absolute Gasteiger partial charge is 0.451 e. The van der Waals surface area contributed by atoms with Crippen LogP contribution in [0.15, 0.2) is 36.9 Å². The van der Waals surface area contributed by atoms with Gasteiger partial charge in [-0.3, -0.25) is 9.48 Å². The Bertz CT molecular complexity index is 1390. The second kappa shape index (κ2) is 9.58. The molecule has 1 N–H and O–H groups in total. The van der Waals surface area contributed by atoms with E-state index < -0.39 is 23.9 Å². The molecule has 2 atom stereocenters. The van der Waals surface area contributed by atoms with Crippen LogP contribution in [0.5, 0.6) is 0 Å². The number of amides is 1. The predicted octanol–water partition coefficient (Wildman–Crippen LogP) is 4.95. The van der Waals surface area contributed by atoms with Crippen molar-refractivity contribution in [1.29, 1.82) is 0 Å². The Morgan fingerprint density at radius 3 is 2.67 bits per heavy atom. The number of carbonyl (C=O) groups excluding carboxylic acids is 1. The molecule has 3 aromatic heterocycles. The van der Waals surface area contributed by atoms with Gasteiger partial charge in [0.05, 0.1) is 24.2 Å². The highest BCUT2D eigenvalue weighted by molar-refractivity contribution is 7.15. The lowest BCUT2D eigenvalue weighted by Gasteiger charge is -2.15. The first-order valence-corrected chi connectivity index (χ1v) is 12.2. The third kappa shape index (κ3) is 5.09. The number of hydrogen-bond acceptors (Lipinski definition) is 7. The Morgan fingerprint density at radius 1 is 1.25 bits per heavy atom. The van der Waals surface area contributed by atoms with Gasteiger partial charge in [-0.15, -0.1) is 11.3 Å². The molecule has 8 nitrogen and oxygen atoms in total. The van der Waals surface area contributed by atoms with E-state index in [0.717, 1.165) is 52.7 Å². The molecule has 0 bridgehead atoms. The fourth-order valence-electron chi connectivity index (χ4n) is 4.12. The summed E-state index contributed by atoms with van der Waals surface area (Å²) in [7, 11) is 0. The third-order valence-electron chi connectivity index (χ3n) is 5.97. The van der Waals surface area contributed by atoms with Crippen molar-refractivity contribution in [3.05, 3.63) is 58.7 Å². The number of carbonyl (C=O) groups is 1. The minimum atomic E-state index is -4.63. The number of ether oxygens (including phenoxy) is 1. The third-order valence-corrected chi connectivity index (χ3v) is 6.92. The highest BCUT2D eigenvalue weighted by atomic mass is 32.1. The van der Waals surface area contributed by atoms with Crippen LogP contribution in [0.4, 0.5) is 13.2 Å². The average molecular weight is 517 g/mol. The summed E-state index contributed by atoms with van der Waals surface area (Å²) in [4.78, 5) is 25.5. The summed E-state index contributed by atoms with van der Waals surface area (Å²) in [5.41, 5.74) is 2.16. The summed E-state index contributed by atoms with van der Waals surface area (Å²) in [5, 5.41) is 9.15. The van der Waals surface area contributed by atoms with E-state index in [1.165, 1.54) is 11.3 Å². The molecule has 1 saturated heterocycles. The van der Waals surface area contributed by atoms with Crippen LogP contribution in [-0.4, -0.2) is 43.4 Å². The molecule has 1 aliphatic rings. The van der Waals surface area contributed by atoms with E-state index in [9.17, 15) is 18.0 Å². The molecule has 1 aromatic carbocycles. The van der Waals surface area contributed by atoms with Crippen LogP contribution in [0.3, 0.4) is 0 Å². The summed E-state index contributed by atoms with van der Waals surface area (Å²) in [6, 6.07) is 2.86. The first-order valence-electron chi connectivity index (χ1n) is 11.4. The smallest absolute Gasteiger partial charge is 0.376 e. The van der Waals surface area contributed by atoms with Crippen LogP contribution < -0.4 is 5.32 Å². The van der Waals surface area contributed by atoms with Crippen LogP contribution in [0.25, 0.3) is 21.5 Å². The van der Waals surface area contributed by atoms with Crippen molar-refractivity contribution >= 4 is 28.1 Å². The van der Waals surface area contributed by atoms with Gasteiger partial charge in [0.25, 0.3) is 5.91 Å². The van der Waals surface area contributed by atoms with Crippen molar-refractivity contribution in [2.24, 2.45) is 0 Å². The quantitative estimate of drug-likeness (QED) is 0.390. The number of aryl methyl sites for hydroxylation is 1. The zero-order valence-corrected chi connectivity index (χ0v) is 20.4. The Balaban J connectivity index is 1.44. The molecule has 1 aliphatic heterocycles. The topological polar surface area (TPSA) is 94.8 Å². The van der Waals surface area contributed by atoms with Gasteiger partial charge in [0.15, 0.2) is 0 Å². The number of benzene rings is 1. The molecule has 4 aromatic rings. The van der Waals surface area contributed by atoms with Gasteiger partial charge in [0, 0.05) is 58.3 Å². The number of alkyl halides is 3. The first-order chi connectivity index (χ1) is 17.2. The molecule has 4 heterocycles. The molecule has 5 rings (SSSR count). The minimum absolute atomic E-state index is 0.111. The molecule has 0 radical (unpaired) electrons. The molecule has 2 unspecified atom stereocenters. The zero-order valence-electron chi connectivity index (χ0n) is 19.5. The van der Waals surface area contributed by atoms with E-state index in [1.54, 1.807) is 25.3 Å². The van der Waals surface area contributed by atoms with Gasteiger partial charge in [-0.05, 0) is 38.8 Å². The number of fused-ring (bicyclic) bond motifs is 1. The number of halogens is 3. The Hall–Kier alpha value is -3.38. The van der Waals surface area contributed by atoms with Crippen LogP contribution in [0, 0.1) is 6.92 Å². The van der Waals surface area contributed by atoms with E-state index in [1.807, 2.05) is 17.8 Å². The van der Waals surface area contributed by atoms with Gasteiger partial charge in [0.1, 0.15) is 5.01 Å². The summed E-state index contributed by atoms with van der Waals surface area (Å²) >= 11 is 1.52. The van der Waals surface area contributed by atoms with E-state index in [2.05, 4.69) is 25.4 Å². The van der Waals surface area contributed by atoms with Crippen LogP contribution >= 0.6 is 11.3 Å². The van der Waals surface area contributed by atoms with Crippen molar-refractivity contribution in [2.45, 2.75) is 51.6 Å². The van der Waals surface area contributed by atoms with E-state index in [-0.39, 0.29) is 6.10 Å². The maximum atomic E-state index is 13.2. The summed E-state index contributed by atoms with van der Waals surface area (Å²) in [5.74, 6) is -1.62. The molecule has 1 amide bonds. The summed E-state index contributed by atoms with van der Waals surface area (Å²) in [6.45, 7) is 4.99. The fourth-order valence-corrected chi connectivity index (χ4v) is 4.92. The van der Waals surface area contributed by atoms with Crippen molar-refractivity contribution in [3.63, 3.8) is 0 Å². The number of aromatic nitrogens is 5. The first kappa shape index (κ1) is 24.3. The molecule has 36 heavy (non-hydrogen) atoms. The SMILES string of the molecule is Cc1cnc(-c2cc(C(=O)NC(C)c3cnc(C(F)(F)F)nc3)cc3nn(CC4CCCO4)cc23)s1. The second-order valence-corrected chi connectivity index (χ2v) is 9.99. The Labute approximate surface area is 208 Å². The maximum Gasteiger partial charge on any atom is 0.451 e. The summed E-state index contributed by atoms with van der Waals surface area (Å²) in [6.07, 6.45) is 3.36. The second-order valence-electron chi connectivity index (χ2n) is 8.75. The lowest BCUT2D eigenvalue weighted by atomic mass is 10.1. The fraction of sp³-hybridized carbons (Fsp3) is 0.375. The lowest BCUT2D eigenvalue weighted by molar-refractivity contribution is -0.145. The van der Waals surface area contributed by atoms with E-state index in [0.29, 0.717) is 23.2 Å². The van der Waals surface area contributed by atoms with Gasteiger partial charge in [0.2, 0.25) is 5.82 Å². The zero-order chi connectivity index (χ0) is 25.4. The molecular weight excluding hydrogens is 493 g/mol. The average Bonchev–Trinajstić information content (AvgIpc) is 3.59. The number of nitrogens with zero attached hydrogens (tertiary/aromatic N) is 5. The van der Waals surface area contributed by atoms with Gasteiger partial charge in [-0.1, -0.05) is 0 Å². The molecule has 0 aliphatic carbocycles. The lowest BCUT2D eigenvalue weighted by Crippen LogP contribution is -2.27. The standard InChI is InChI=1S/C24H23F3N6O2S/c1-13-8-28-22(36-13)18-6-15(7-20-19(18)12-33(32-20)11-17-4-3-5-35-17)21(34)31-14(2)16-9-29-23(30-10-16)24(25,26)27/h6-10,12,14,17H,3-5,11H2,1-2H3,(H,31,34). The highest BCUT2D eigenvalue weighted by Gasteiger charge is 2.34. The minimum Gasteiger partial charge on any atom is -0.376 e. The van der Waals surface area contributed by atoms with Crippen LogP contribution in [0.2, 0.25) is 0 Å². The number of rotatable bonds is 6. The summed E-state index contributed by atoms with van der Waals surface area (Å²) < 4.78 is 45.9. The number of nitrogens with one attached hydrogen (secondary N) is 1. The highest BCUT2D eigenvalue weighted by Crippen LogP contribution is 2.33. The molecule has 188 valence electrons. The monoisotopic (exact) mass is 516 g/mol. The van der Waals surface area contributed by atoms with Gasteiger partial charge >= 0.3 is 6.18 Å². The van der Waals surface area contributed by atoms with E-state index >= 15 is 0 Å². The van der Waals surface area contributed by atoms with Crippen LogP contribution in [-0.2, 0) is 17.5 Å². The molecule has 12 heteroatoms. The van der Waals surface area contributed by atoms with Gasteiger partial charge < -0.3 is 10.1 Å². The molecule has 1 fully saturated rings. The maximum absolute atomic E-state index is 13.2. The van der Waals surface area contributed by atoms with Crippen molar-refractivity contribution < 1.29 is 22.7 Å². The Morgan fingerprint density at radius 2 is 2.03 bits per heavy atom. The van der Waals surface area contributed by atoms with Crippen molar-refractivity contribution in [2.75, 3.05) is 6.61 Å². The van der Waals surface area contributed by atoms with E-state index in [4.69, 9.17) is 4.74 Å². The van der Waals surface area contributed by atoms with Gasteiger partial charge in [-0.2, -0.15) is 18.3 Å². The predicted molar refractivity (Wildman–Crippen MR) is 127 cm³/mol. The molecular formula is C24H23F3N6O2S. The van der Waals surface area contributed by atoms with Crippen molar-refractivity contribution in [3.8, 4) is 10.6 Å². The number of thiazole rings is 1. The Kier molecular flexibility index (Phi) is 6.47.